The Labute approximate surface area is 136 Å². The van der Waals surface area contributed by atoms with Crippen molar-refractivity contribution >= 4 is 46.0 Å². The molecule has 2 aromatic heterocycles. The summed E-state index contributed by atoms with van der Waals surface area (Å²) in [5.41, 5.74) is 1.51. The molecule has 2 heterocycles. The Morgan fingerprint density at radius 1 is 1.09 bits per heavy atom. The highest BCUT2D eigenvalue weighted by Gasteiger charge is 2.07. The molecular weight excluding hydrogens is 318 g/mol. The van der Waals surface area contributed by atoms with E-state index < -0.39 is 0 Å². The minimum absolute atomic E-state index is 0.132. The molecule has 0 aliphatic heterocycles. The Hall–Kier alpha value is -2.37. The van der Waals surface area contributed by atoms with Crippen LogP contribution >= 0.6 is 22.9 Å². The first-order valence-corrected chi connectivity index (χ1v) is 7.80. The number of hydrogen-bond acceptors (Lipinski definition) is 4. The summed E-state index contributed by atoms with van der Waals surface area (Å²) in [6.45, 7) is 0. The second-order valence-electron chi connectivity index (χ2n) is 4.50. The average Bonchev–Trinajstić information content (AvgIpc) is 3.04. The molecule has 3 aromatic rings. The number of amides is 1. The lowest BCUT2D eigenvalue weighted by molar-refractivity contribution is 0.103. The van der Waals surface area contributed by atoms with Gasteiger partial charge in [0, 0.05) is 10.7 Å². The molecule has 0 aliphatic carbocycles. The normalized spacial score (nSPS) is 10.2. The summed E-state index contributed by atoms with van der Waals surface area (Å²) >= 11 is 7.33. The first kappa shape index (κ1) is 14.6. The van der Waals surface area contributed by atoms with Gasteiger partial charge in [-0.1, -0.05) is 23.7 Å². The first-order valence-electron chi connectivity index (χ1n) is 6.54. The van der Waals surface area contributed by atoms with Crippen molar-refractivity contribution in [3.63, 3.8) is 0 Å². The predicted octanol–water partition coefficient (Wildman–Crippen LogP) is 4.79. The van der Waals surface area contributed by atoms with Crippen LogP contribution in [0, 0.1) is 0 Å². The van der Waals surface area contributed by atoms with Gasteiger partial charge in [-0.05, 0) is 41.8 Å². The number of carbonyl (C=O) groups is 1. The van der Waals surface area contributed by atoms with Crippen LogP contribution < -0.4 is 10.6 Å². The van der Waals surface area contributed by atoms with E-state index in [0.717, 1.165) is 5.69 Å². The molecule has 0 unspecified atom stereocenters. The van der Waals surface area contributed by atoms with Gasteiger partial charge in [-0.25, -0.2) is 4.98 Å². The van der Waals surface area contributed by atoms with Gasteiger partial charge >= 0.3 is 0 Å². The molecular formula is C16H12ClN3OS. The third-order valence-corrected chi connectivity index (χ3v) is 3.97. The van der Waals surface area contributed by atoms with Crippen LogP contribution in [0.4, 0.5) is 17.2 Å². The number of carbonyl (C=O) groups excluding carboxylic acids is 1. The van der Waals surface area contributed by atoms with Crippen molar-refractivity contribution < 1.29 is 4.79 Å². The third kappa shape index (κ3) is 3.63. The summed E-state index contributed by atoms with van der Waals surface area (Å²) < 4.78 is 0. The van der Waals surface area contributed by atoms with E-state index in [2.05, 4.69) is 15.6 Å². The summed E-state index contributed by atoms with van der Waals surface area (Å²) in [6.07, 6.45) is 1.61. The van der Waals surface area contributed by atoms with Crippen LogP contribution in [-0.4, -0.2) is 10.9 Å². The van der Waals surface area contributed by atoms with E-state index in [0.29, 0.717) is 21.4 Å². The largest absolute Gasteiger partial charge is 0.340 e. The molecule has 1 amide bonds. The molecule has 0 fully saturated rings. The van der Waals surface area contributed by atoms with Gasteiger partial charge in [-0.2, -0.15) is 0 Å². The lowest BCUT2D eigenvalue weighted by Crippen LogP contribution is -2.10. The summed E-state index contributed by atoms with van der Waals surface area (Å²) in [7, 11) is 0. The van der Waals surface area contributed by atoms with Gasteiger partial charge in [-0.15, -0.1) is 11.3 Å². The minimum Gasteiger partial charge on any atom is -0.340 e. The zero-order valence-corrected chi connectivity index (χ0v) is 13.0. The Morgan fingerprint density at radius 2 is 2.00 bits per heavy atom. The molecule has 0 saturated carbocycles. The lowest BCUT2D eigenvalue weighted by Gasteiger charge is -2.07. The van der Waals surface area contributed by atoms with Gasteiger partial charge in [0.05, 0.1) is 16.8 Å². The monoisotopic (exact) mass is 329 g/mol. The fourth-order valence-corrected chi connectivity index (χ4v) is 2.67. The van der Waals surface area contributed by atoms with Crippen LogP contribution in [0.15, 0.2) is 60.1 Å². The Bertz CT molecular complexity index is 772. The highest BCUT2D eigenvalue weighted by Crippen LogP contribution is 2.20. The van der Waals surface area contributed by atoms with E-state index in [-0.39, 0.29) is 5.91 Å². The maximum Gasteiger partial charge on any atom is 0.265 e. The second-order valence-corrected chi connectivity index (χ2v) is 5.88. The van der Waals surface area contributed by atoms with Gasteiger partial charge in [0.15, 0.2) is 0 Å². The highest BCUT2D eigenvalue weighted by molar-refractivity contribution is 7.12. The number of anilines is 3. The van der Waals surface area contributed by atoms with Crippen LogP contribution in [0.1, 0.15) is 9.67 Å². The van der Waals surface area contributed by atoms with Crippen LogP contribution in [0.5, 0.6) is 0 Å². The third-order valence-electron chi connectivity index (χ3n) is 2.86. The fourth-order valence-electron chi connectivity index (χ4n) is 1.86. The van der Waals surface area contributed by atoms with Crippen molar-refractivity contribution in [3.05, 3.63) is 70.0 Å². The predicted molar refractivity (Wildman–Crippen MR) is 91.2 cm³/mol. The molecule has 0 radical (unpaired) electrons. The van der Waals surface area contributed by atoms with Crippen LogP contribution in [0.2, 0.25) is 5.02 Å². The number of nitrogens with zero attached hydrogens (tertiary/aromatic N) is 1. The van der Waals surface area contributed by atoms with Gasteiger partial charge in [0.2, 0.25) is 0 Å². The zero-order chi connectivity index (χ0) is 15.4. The first-order chi connectivity index (χ1) is 10.7. The maximum absolute atomic E-state index is 11.9. The van der Waals surface area contributed by atoms with E-state index in [1.54, 1.807) is 24.4 Å². The number of halogens is 1. The van der Waals surface area contributed by atoms with E-state index in [1.165, 1.54) is 11.3 Å². The van der Waals surface area contributed by atoms with Gasteiger partial charge in [0.1, 0.15) is 5.82 Å². The quantitative estimate of drug-likeness (QED) is 0.723. The van der Waals surface area contributed by atoms with Crippen LogP contribution in [-0.2, 0) is 0 Å². The smallest absolute Gasteiger partial charge is 0.265 e. The van der Waals surface area contributed by atoms with Crippen molar-refractivity contribution in [2.75, 3.05) is 10.6 Å². The Kier molecular flexibility index (Phi) is 4.37. The molecule has 0 spiro atoms. The number of benzene rings is 1. The molecule has 1 aromatic carbocycles. The number of thiophene rings is 1. The molecule has 3 rings (SSSR count). The van der Waals surface area contributed by atoms with E-state index in [9.17, 15) is 4.79 Å². The minimum atomic E-state index is -0.132. The fraction of sp³-hybridized carbons (Fsp3) is 0. The maximum atomic E-state index is 11.9. The number of nitrogens with one attached hydrogen (secondary N) is 2. The lowest BCUT2D eigenvalue weighted by atomic mass is 10.3. The van der Waals surface area contributed by atoms with Gasteiger partial charge < -0.3 is 10.6 Å². The van der Waals surface area contributed by atoms with Crippen LogP contribution in [0.25, 0.3) is 0 Å². The topological polar surface area (TPSA) is 54.0 Å². The summed E-state index contributed by atoms with van der Waals surface area (Å²) in [4.78, 5) is 16.9. The molecule has 0 saturated heterocycles. The molecule has 0 bridgehead atoms. The average molecular weight is 330 g/mol. The summed E-state index contributed by atoms with van der Waals surface area (Å²) in [5.74, 6) is 0.545. The van der Waals surface area contributed by atoms with E-state index in [1.807, 2.05) is 35.7 Å². The van der Waals surface area contributed by atoms with Crippen molar-refractivity contribution in [1.29, 1.82) is 0 Å². The molecule has 4 nitrogen and oxygen atoms in total. The van der Waals surface area contributed by atoms with Gasteiger partial charge in [-0.3, -0.25) is 4.79 Å². The van der Waals surface area contributed by atoms with E-state index >= 15 is 0 Å². The molecule has 2 N–H and O–H groups in total. The SMILES string of the molecule is O=C(Nc1ccc(Nc2cccc(Cl)c2)nc1)c1cccs1. The van der Waals surface area contributed by atoms with Crippen molar-refractivity contribution in [2.24, 2.45) is 0 Å². The Morgan fingerprint density at radius 3 is 2.68 bits per heavy atom. The van der Waals surface area contributed by atoms with Crippen LogP contribution in [0.3, 0.4) is 0 Å². The molecule has 0 atom stereocenters. The number of hydrogen-bond donors (Lipinski definition) is 2. The number of aromatic nitrogens is 1. The van der Waals surface area contributed by atoms with E-state index in [4.69, 9.17) is 11.6 Å². The summed E-state index contributed by atoms with van der Waals surface area (Å²) in [5, 5.41) is 8.47. The molecule has 22 heavy (non-hydrogen) atoms. The zero-order valence-electron chi connectivity index (χ0n) is 11.4. The van der Waals surface area contributed by atoms with Crippen molar-refractivity contribution in [2.45, 2.75) is 0 Å². The summed E-state index contributed by atoms with van der Waals surface area (Å²) in [6, 6.07) is 14.6. The standard InChI is InChI=1S/C16H12ClN3OS/c17-11-3-1-4-12(9-11)19-15-7-6-13(10-18-15)20-16(21)14-5-2-8-22-14/h1-10H,(H,18,19)(H,20,21). The van der Waals surface area contributed by atoms with Gasteiger partial charge in [0.25, 0.3) is 5.91 Å². The Balaban J connectivity index is 1.66. The highest BCUT2D eigenvalue weighted by atomic mass is 35.5. The van der Waals surface area contributed by atoms with Crippen molar-refractivity contribution in [1.82, 2.24) is 4.98 Å². The van der Waals surface area contributed by atoms with Crippen molar-refractivity contribution in [3.8, 4) is 0 Å². The molecule has 110 valence electrons. The second kappa shape index (κ2) is 6.60. The number of rotatable bonds is 4. The number of pyridine rings is 1. The molecule has 6 heteroatoms. The molecule has 0 aliphatic rings.